The van der Waals surface area contributed by atoms with Crippen molar-refractivity contribution in [3.05, 3.63) is 0 Å². The van der Waals surface area contributed by atoms with Crippen LogP contribution in [-0.2, 0) is 9.53 Å². The maximum atomic E-state index is 12.6. The van der Waals surface area contributed by atoms with E-state index in [4.69, 9.17) is 4.74 Å². The minimum atomic E-state index is -4.49. The summed E-state index contributed by atoms with van der Waals surface area (Å²) in [4.78, 5) is 11.8. The van der Waals surface area contributed by atoms with E-state index in [1.165, 1.54) is 51.4 Å². The second-order valence-corrected chi connectivity index (χ2v) is 13.9. The van der Waals surface area contributed by atoms with Gasteiger partial charge in [0.2, 0.25) is 0 Å². The molecule has 0 N–H and O–H groups in total. The van der Waals surface area contributed by atoms with Crippen LogP contribution in [0.2, 0.25) is 0 Å². The first kappa shape index (κ1) is 27.3. The number of hydrogen-bond acceptors (Lipinski definition) is 2. The summed E-state index contributed by atoms with van der Waals surface area (Å²) in [5.41, 5.74) is 0.726. The first-order valence-electron chi connectivity index (χ1n) is 14.6. The van der Waals surface area contributed by atoms with Gasteiger partial charge < -0.3 is 4.74 Å². The van der Waals surface area contributed by atoms with Gasteiger partial charge in [0.05, 0.1) is 0 Å². The zero-order valence-corrected chi connectivity index (χ0v) is 22.8. The third-order valence-corrected chi connectivity index (χ3v) is 11.5. The third kappa shape index (κ3) is 5.59. The van der Waals surface area contributed by atoms with Crippen molar-refractivity contribution in [2.45, 2.75) is 130 Å². The van der Waals surface area contributed by atoms with Crippen molar-refractivity contribution in [1.82, 2.24) is 0 Å². The molecule has 0 amide bonds. The summed E-state index contributed by atoms with van der Waals surface area (Å²) >= 11 is 0. The van der Waals surface area contributed by atoms with Gasteiger partial charge in [-0.3, -0.25) is 4.79 Å². The molecule has 4 saturated carbocycles. The fourth-order valence-corrected chi connectivity index (χ4v) is 9.74. The Bertz CT molecular complexity index is 748. The number of esters is 1. The van der Waals surface area contributed by atoms with Crippen molar-refractivity contribution in [2.24, 2.45) is 52.3 Å². The summed E-state index contributed by atoms with van der Waals surface area (Å²) in [6.07, 6.45) is 8.05. The van der Waals surface area contributed by atoms with Crippen molar-refractivity contribution < 1.29 is 22.7 Å². The topological polar surface area (TPSA) is 26.3 Å². The van der Waals surface area contributed by atoms with Crippen LogP contribution in [0.5, 0.6) is 0 Å². The first-order chi connectivity index (χ1) is 16.3. The number of alkyl halides is 3. The zero-order chi connectivity index (χ0) is 25.6. The average molecular weight is 499 g/mol. The monoisotopic (exact) mass is 498 g/mol. The van der Waals surface area contributed by atoms with E-state index in [0.29, 0.717) is 11.3 Å². The number of ether oxygens (including phenoxy) is 1. The molecule has 4 fully saturated rings. The minimum absolute atomic E-state index is 0.248. The minimum Gasteiger partial charge on any atom is -0.462 e. The van der Waals surface area contributed by atoms with Gasteiger partial charge in [0.25, 0.3) is 0 Å². The number of fused-ring (bicyclic) bond motifs is 5. The van der Waals surface area contributed by atoms with Gasteiger partial charge in [-0.05, 0) is 110 Å². The van der Waals surface area contributed by atoms with Crippen LogP contribution in [0.3, 0.4) is 0 Å². The molecule has 4 aliphatic carbocycles. The van der Waals surface area contributed by atoms with Gasteiger partial charge in [-0.25, -0.2) is 0 Å². The summed E-state index contributed by atoms with van der Waals surface area (Å²) in [7, 11) is 0. The number of carbonyl (C=O) groups excluding carboxylic acids is 1. The Balaban J connectivity index is 1.38. The van der Waals surface area contributed by atoms with E-state index in [9.17, 15) is 18.0 Å². The Hall–Kier alpha value is -0.740. The second kappa shape index (κ2) is 10.2. The SMILES string of the molecule is CC(C)CCC[C@@H](C)[C@H]1CC[C@H]2[C@@H]3CC[C@H]4C[C@@H](OC(=O)CC(F)(F)F)CC[C@]4(C)[C@H]3CC[C@]12C. The predicted molar refractivity (Wildman–Crippen MR) is 134 cm³/mol. The molecule has 0 unspecified atom stereocenters. The highest BCUT2D eigenvalue weighted by Gasteiger charge is 2.60. The molecule has 0 heterocycles. The largest absolute Gasteiger partial charge is 0.462 e. The smallest absolute Gasteiger partial charge is 0.399 e. The van der Waals surface area contributed by atoms with E-state index in [1.807, 2.05) is 0 Å². The molecular formula is C30H49F3O2. The molecule has 0 aliphatic heterocycles. The van der Waals surface area contributed by atoms with Gasteiger partial charge in [-0.1, -0.05) is 53.9 Å². The highest BCUT2D eigenvalue weighted by Crippen LogP contribution is 2.68. The molecule has 2 nitrogen and oxygen atoms in total. The maximum absolute atomic E-state index is 12.6. The number of rotatable bonds is 7. The molecule has 0 aromatic heterocycles. The van der Waals surface area contributed by atoms with Crippen molar-refractivity contribution in [3.63, 3.8) is 0 Å². The third-order valence-electron chi connectivity index (χ3n) is 11.5. The van der Waals surface area contributed by atoms with E-state index < -0.39 is 18.6 Å². The van der Waals surface area contributed by atoms with Gasteiger partial charge >= 0.3 is 12.1 Å². The Kier molecular flexibility index (Phi) is 7.95. The van der Waals surface area contributed by atoms with Crippen LogP contribution < -0.4 is 0 Å². The van der Waals surface area contributed by atoms with Crippen LogP contribution in [0.15, 0.2) is 0 Å². The molecule has 0 saturated heterocycles. The molecule has 202 valence electrons. The van der Waals surface area contributed by atoms with Crippen LogP contribution in [0, 0.1) is 52.3 Å². The van der Waals surface area contributed by atoms with Gasteiger partial charge in [0, 0.05) is 0 Å². The van der Waals surface area contributed by atoms with Crippen molar-refractivity contribution in [3.8, 4) is 0 Å². The zero-order valence-electron chi connectivity index (χ0n) is 22.8. The molecule has 4 rings (SSSR count). The van der Waals surface area contributed by atoms with Gasteiger partial charge in [0.15, 0.2) is 0 Å². The van der Waals surface area contributed by atoms with Crippen LogP contribution in [0.25, 0.3) is 0 Å². The molecule has 0 aromatic carbocycles. The molecule has 0 spiro atoms. The fourth-order valence-electron chi connectivity index (χ4n) is 9.74. The molecule has 0 bridgehead atoms. The summed E-state index contributed by atoms with van der Waals surface area (Å²) in [5.74, 6) is 4.19. The average Bonchev–Trinajstić information content (AvgIpc) is 3.09. The Morgan fingerprint density at radius 3 is 2.29 bits per heavy atom. The van der Waals surface area contributed by atoms with E-state index in [-0.39, 0.29) is 11.5 Å². The van der Waals surface area contributed by atoms with Crippen molar-refractivity contribution in [1.29, 1.82) is 0 Å². The highest BCUT2D eigenvalue weighted by molar-refractivity contribution is 5.70. The lowest BCUT2D eigenvalue weighted by molar-refractivity contribution is -0.182. The second-order valence-electron chi connectivity index (χ2n) is 13.9. The van der Waals surface area contributed by atoms with E-state index in [2.05, 4.69) is 34.6 Å². The standard InChI is InChI=1S/C30H49F3O2/c1-19(2)7-6-8-20(3)24-11-12-25-23-10-9-21-17-22(35-27(34)18-30(31,32)33)13-15-28(21,4)26(23)14-16-29(24,25)5/h19-26H,6-18H2,1-5H3/t20-,21+,22+,23+,24-,25+,26+,28+,29-/m1/s1. The molecule has 0 radical (unpaired) electrons. The predicted octanol–water partition coefficient (Wildman–Crippen LogP) is 8.97. The van der Waals surface area contributed by atoms with Crippen molar-refractivity contribution in [2.75, 3.05) is 0 Å². The molecule has 4 aliphatic rings. The van der Waals surface area contributed by atoms with E-state index >= 15 is 0 Å². The maximum Gasteiger partial charge on any atom is 0.399 e. The van der Waals surface area contributed by atoms with E-state index in [1.54, 1.807) is 0 Å². The molecular weight excluding hydrogens is 449 g/mol. The normalized spacial score (nSPS) is 42.2. The fraction of sp³-hybridized carbons (Fsp3) is 0.967. The van der Waals surface area contributed by atoms with Crippen LogP contribution in [0.4, 0.5) is 13.2 Å². The van der Waals surface area contributed by atoms with Crippen molar-refractivity contribution >= 4 is 5.97 Å². The Morgan fingerprint density at radius 2 is 1.60 bits per heavy atom. The van der Waals surface area contributed by atoms with Gasteiger partial charge in [-0.15, -0.1) is 0 Å². The number of hydrogen-bond donors (Lipinski definition) is 0. The first-order valence-corrected chi connectivity index (χ1v) is 14.6. The highest BCUT2D eigenvalue weighted by atomic mass is 19.4. The van der Waals surface area contributed by atoms with Gasteiger partial charge in [0.1, 0.15) is 12.5 Å². The lowest BCUT2D eigenvalue weighted by atomic mass is 9.44. The summed E-state index contributed by atoms with van der Waals surface area (Å²) in [6, 6.07) is 0. The lowest BCUT2D eigenvalue weighted by Crippen LogP contribution is -2.54. The number of halogens is 3. The summed E-state index contributed by atoms with van der Waals surface area (Å²) < 4.78 is 43.1. The van der Waals surface area contributed by atoms with E-state index in [0.717, 1.165) is 61.2 Å². The quantitative estimate of drug-likeness (QED) is 0.327. The Morgan fingerprint density at radius 1 is 0.914 bits per heavy atom. The van der Waals surface area contributed by atoms with Crippen LogP contribution in [0.1, 0.15) is 118 Å². The molecule has 0 aromatic rings. The van der Waals surface area contributed by atoms with Crippen LogP contribution >= 0.6 is 0 Å². The van der Waals surface area contributed by atoms with Gasteiger partial charge in [-0.2, -0.15) is 13.2 Å². The lowest BCUT2D eigenvalue weighted by Gasteiger charge is -2.61. The number of carbonyl (C=O) groups is 1. The molecule has 9 atom stereocenters. The molecule has 5 heteroatoms. The van der Waals surface area contributed by atoms with Crippen LogP contribution in [-0.4, -0.2) is 18.2 Å². The Labute approximate surface area is 211 Å². The summed E-state index contributed by atoms with van der Waals surface area (Å²) in [5, 5.41) is 0. The summed E-state index contributed by atoms with van der Waals surface area (Å²) in [6.45, 7) is 12.3. The molecule has 35 heavy (non-hydrogen) atoms.